The number of benzene rings is 1. The maximum atomic E-state index is 15.5. The molecule has 3 amide bonds. The Morgan fingerprint density at radius 1 is 1.08 bits per heavy atom. The van der Waals surface area contributed by atoms with Gasteiger partial charge in [0.25, 0.3) is 5.91 Å². The Morgan fingerprint density at radius 2 is 1.77 bits per heavy atom. The van der Waals surface area contributed by atoms with Crippen molar-refractivity contribution in [3.8, 4) is 11.3 Å². The minimum Gasteiger partial charge on any atom is -0.465 e. The van der Waals surface area contributed by atoms with Crippen LogP contribution in [-0.2, 0) is 4.74 Å². The number of aromatic nitrogens is 1. The number of nitrogens with zero attached hydrogens (tertiary/aromatic N) is 1. The van der Waals surface area contributed by atoms with Crippen molar-refractivity contribution in [1.82, 2.24) is 26.3 Å². The van der Waals surface area contributed by atoms with Crippen LogP contribution >= 0.6 is 0 Å². The van der Waals surface area contributed by atoms with Crippen LogP contribution in [0.15, 0.2) is 46.8 Å². The van der Waals surface area contributed by atoms with Gasteiger partial charge in [-0.1, -0.05) is 13.0 Å². The molecule has 3 heterocycles. The smallest absolute Gasteiger partial charge is 0.412 e. The largest absolute Gasteiger partial charge is 0.465 e. The van der Waals surface area contributed by atoms with Crippen LogP contribution in [0.3, 0.4) is 0 Å². The van der Waals surface area contributed by atoms with Gasteiger partial charge < -0.3 is 41.3 Å². The number of carboxylic acid groups (broad SMARTS) is 1. The van der Waals surface area contributed by atoms with Gasteiger partial charge in [0.1, 0.15) is 28.5 Å². The lowest BCUT2D eigenvalue weighted by atomic mass is 9.71. The van der Waals surface area contributed by atoms with Crippen molar-refractivity contribution in [2.45, 2.75) is 63.9 Å². The van der Waals surface area contributed by atoms with E-state index in [1.807, 2.05) is 0 Å². The van der Waals surface area contributed by atoms with Crippen molar-refractivity contribution < 1.29 is 47.6 Å². The van der Waals surface area contributed by atoms with Gasteiger partial charge in [0.05, 0.1) is 30.0 Å². The molecule has 48 heavy (non-hydrogen) atoms. The number of hydrogen-bond acceptors (Lipinski definition) is 9. The van der Waals surface area contributed by atoms with E-state index < -0.39 is 87.4 Å². The molecule has 1 fully saturated rings. The number of hydrogen-bond donors (Lipinski definition) is 8. The Bertz CT molecular complexity index is 1710. The first-order chi connectivity index (χ1) is 22.5. The quantitative estimate of drug-likeness (QED) is 0.226. The number of nitrogens with one attached hydrogen (secondary N) is 5. The highest BCUT2D eigenvalue weighted by atomic mass is 19.1. The molecule has 3 aliphatic rings. The second-order valence-electron chi connectivity index (χ2n) is 13.0. The number of rotatable bonds is 6. The molecule has 16 heteroatoms. The lowest BCUT2D eigenvalue weighted by Gasteiger charge is -2.48. The minimum atomic E-state index is -1.70. The summed E-state index contributed by atoms with van der Waals surface area (Å²) in [6.45, 7) is 6.56. The third-order valence-electron chi connectivity index (χ3n) is 8.37. The molecule has 0 bridgehead atoms. The number of carbonyl (C=O) groups is 3. The summed E-state index contributed by atoms with van der Waals surface area (Å²) in [6.07, 6.45) is -4.19. The Hall–Kier alpha value is -4.67. The average molecular weight is 675 g/mol. The lowest BCUT2D eigenvalue weighted by molar-refractivity contribution is 0.0154. The molecular weight excluding hydrogens is 637 g/mol. The van der Waals surface area contributed by atoms with E-state index in [1.54, 1.807) is 27.7 Å². The van der Waals surface area contributed by atoms with Crippen LogP contribution in [0.2, 0.25) is 0 Å². The zero-order chi connectivity index (χ0) is 35.1. The zero-order valence-corrected chi connectivity index (χ0v) is 26.6. The van der Waals surface area contributed by atoms with Crippen molar-refractivity contribution in [3.05, 3.63) is 70.0 Å². The zero-order valence-electron chi connectivity index (χ0n) is 26.6. The molecule has 1 saturated heterocycles. The second-order valence-corrected chi connectivity index (χ2v) is 13.0. The number of aliphatic hydroxyl groups is 2. The van der Waals surface area contributed by atoms with E-state index in [0.29, 0.717) is 23.9 Å². The highest BCUT2D eigenvalue weighted by molar-refractivity contribution is 6.02. The van der Waals surface area contributed by atoms with Gasteiger partial charge in [-0.05, 0) is 57.2 Å². The SMILES string of the molecule is C[C@H]1CNC[C@](NC(=O)O)(C2=C(NC(=O)c3nc(-c4c(F)cccc4F)c(F)cc3NC(=O)OC(C)(C)C)CNC3=C2CCC3O)[C@@H]1O. The van der Waals surface area contributed by atoms with Crippen molar-refractivity contribution in [3.63, 3.8) is 0 Å². The number of ether oxygens (including phenoxy) is 1. The molecule has 0 radical (unpaired) electrons. The standard InChI is InChI=1S/C32H37F3N6O7/c1-14-11-36-13-32(27(14)43,41-29(45)46)23-15-8-9-21(42)24(15)37-12-20(23)38-28(44)26-19(39-30(47)48-31(2,3)4)10-18(35)25(40-26)22-16(33)6-5-7-17(22)34/h5-7,10,14,21,27,36-37,41-43H,8-9,11-13H2,1-4H3,(H,38,44)(H,39,47)(H,45,46)/t14-,21?,27+,32-/m0/s1. The predicted octanol–water partition coefficient (Wildman–Crippen LogP) is 3.12. The molecule has 0 saturated carbocycles. The van der Waals surface area contributed by atoms with Crippen molar-refractivity contribution in [2.75, 3.05) is 25.0 Å². The van der Waals surface area contributed by atoms with Crippen molar-refractivity contribution >= 4 is 23.8 Å². The fraction of sp³-hybridized carbons (Fsp3) is 0.438. The average Bonchev–Trinajstić information content (AvgIpc) is 3.35. The molecule has 5 rings (SSSR count). The minimum absolute atomic E-state index is 0.0736. The van der Waals surface area contributed by atoms with Crippen molar-refractivity contribution in [2.24, 2.45) is 5.92 Å². The number of carbonyl (C=O) groups excluding carboxylic acids is 2. The fourth-order valence-corrected chi connectivity index (χ4v) is 6.42. The van der Waals surface area contributed by atoms with Crippen LogP contribution in [0, 0.1) is 23.4 Å². The fourth-order valence-electron chi connectivity index (χ4n) is 6.42. The molecule has 1 aliphatic carbocycles. The maximum Gasteiger partial charge on any atom is 0.412 e. The summed E-state index contributed by atoms with van der Waals surface area (Å²) in [5.74, 6) is -5.10. The molecule has 1 unspecified atom stereocenters. The summed E-state index contributed by atoms with van der Waals surface area (Å²) in [4.78, 5) is 43.0. The summed E-state index contributed by atoms with van der Waals surface area (Å²) in [6, 6.07) is 3.52. The number of aliphatic hydroxyl groups excluding tert-OH is 2. The van der Waals surface area contributed by atoms with Gasteiger partial charge in [0.15, 0.2) is 11.5 Å². The summed E-state index contributed by atoms with van der Waals surface area (Å²) < 4.78 is 50.3. The normalized spacial score (nSPS) is 24.1. The first kappa shape index (κ1) is 34.7. The molecule has 2 aromatic rings. The predicted molar refractivity (Wildman–Crippen MR) is 166 cm³/mol. The van der Waals surface area contributed by atoms with E-state index in [-0.39, 0.29) is 37.2 Å². The van der Waals surface area contributed by atoms with Crippen LogP contribution in [0.4, 0.5) is 28.4 Å². The number of anilines is 1. The summed E-state index contributed by atoms with van der Waals surface area (Å²) in [7, 11) is 0. The molecule has 4 atom stereocenters. The highest BCUT2D eigenvalue weighted by Gasteiger charge is 2.52. The first-order valence-electron chi connectivity index (χ1n) is 15.3. The third kappa shape index (κ3) is 6.68. The van der Waals surface area contributed by atoms with E-state index in [1.165, 1.54) is 0 Å². The molecule has 1 aromatic heterocycles. The molecule has 8 N–H and O–H groups in total. The van der Waals surface area contributed by atoms with E-state index in [4.69, 9.17) is 4.74 Å². The van der Waals surface area contributed by atoms with Crippen LogP contribution in [0.1, 0.15) is 51.0 Å². The van der Waals surface area contributed by atoms with E-state index in [2.05, 4.69) is 31.6 Å². The number of piperidine rings is 1. The highest BCUT2D eigenvalue weighted by Crippen LogP contribution is 2.43. The number of pyridine rings is 1. The first-order valence-corrected chi connectivity index (χ1v) is 15.3. The molecule has 0 spiro atoms. The second kappa shape index (κ2) is 13.1. The van der Waals surface area contributed by atoms with Gasteiger partial charge in [-0.3, -0.25) is 10.1 Å². The van der Waals surface area contributed by atoms with Crippen LogP contribution in [0.25, 0.3) is 11.3 Å². The van der Waals surface area contributed by atoms with Gasteiger partial charge >= 0.3 is 12.2 Å². The molecule has 258 valence electrons. The van der Waals surface area contributed by atoms with Crippen LogP contribution in [0.5, 0.6) is 0 Å². The summed E-state index contributed by atoms with van der Waals surface area (Å²) in [5, 5.41) is 45.7. The lowest BCUT2D eigenvalue weighted by Crippen LogP contribution is -2.69. The van der Waals surface area contributed by atoms with E-state index >= 15 is 4.39 Å². The third-order valence-corrected chi connectivity index (χ3v) is 8.37. The maximum absolute atomic E-state index is 15.5. The molecule has 13 nitrogen and oxygen atoms in total. The molecule has 2 aliphatic heterocycles. The van der Waals surface area contributed by atoms with Gasteiger partial charge in [0, 0.05) is 36.1 Å². The van der Waals surface area contributed by atoms with Crippen molar-refractivity contribution in [1.29, 1.82) is 0 Å². The van der Waals surface area contributed by atoms with Gasteiger partial charge in [0.2, 0.25) is 0 Å². The Labute approximate surface area is 273 Å². The summed E-state index contributed by atoms with van der Waals surface area (Å²) >= 11 is 0. The molecular formula is C32H37F3N6O7. The van der Waals surface area contributed by atoms with E-state index in [9.17, 15) is 38.5 Å². The van der Waals surface area contributed by atoms with E-state index in [0.717, 1.165) is 18.2 Å². The Balaban J connectivity index is 1.67. The molecule has 1 aromatic carbocycles. The van der Waals surface area contributed by atoms with Crippen LogP contribution < -0.4 is 26.6 Å². The number of dihydropyridines is 1. The Morgan fingerprint density at radius 3 is 2.42 bits per heavy atom. The van der Waals surface area contributed by atoms with Gasteiger partial charge in [-0.2, -0.15) is 0 Å². The Kier molecular flexibility index (Phi) is 9.45. The summed E-state index contributed by atoms with van der Waals surface area (Å²) in [5.41, 5.74) is -4.38. The van der Waals surface area contributed by atoms with Gasteiger partial charge in [-0.15, -0.1) is 0 Å². The van der Waals surface area contributed by atoms with Crippen LogP contribution in [-0.4, -0.2) is 81.4 Å². The number of amides is 3. The van der Waals surface area contributed by atoms with Gasteiger partial charge in [-0.25, -0.2) is 27.7 Å². The number of halogens is 3. The topological polar surface area (TPSA) is 194 Å². The monoisotopic (exact) mass is 674 g/mol.